The zero-order chi connectivity index (χ0) is 15.1. The fraction of sp³-hybridized carbons (Fsp3) is 0.0833. The number of nitrogen functional groups attached to an aromatic ring is 1. The monoisotopic (exact) mass is 285 g/mol. The molecule has 9 heteroatoms. The van der Waals surface area contributed by atoms with Gasteiger partial charge < -0.3 is 16.2 Å². The first-order valence-electron chi connectivity index (χ1n) is 5.76. The van der Waals surface area contributed by atoms with Crippen molar-refractivity contribution in [2.24, 2.45) is 15.9 Å². The summed E-state index contributed by atoms with van der Waals surface area (Å²) in [5.74, 6) is 0.517. The number of hydrogen-bond donors (Lipinski definition) is 2. The number of amidine groups is 1. The van der Waals surface area contributed by atoms with Gasteiger partial charge in [0, 0.05) is 5.56 Å². The second-order valence-corrected chi connectivity index (χ2v) is 3.71. The van der Waals surface area contributed by atoms with Crippen LogP contribution in [0.1, 0.15) is 11.3 Å². The molecule has 1 aromatic heterocycles. The quantitative estimate of drug-likeness (QED) is 0.455. The van der Waals surface area contributed by atoms with Crippen LogP contribution in [-0.2, 0) is 0 Å². The molecular weight excluding hydrogens is 274 g/mol. The maximum atomic E-state index is 8.52. The van der Waals surface area contributed by atoms with E-state index < -0.39 is 0 Å². The number of nitrogens with zero attached hydrogens (tertiary/aromatic N) is 5. The number of para-hydroxylation sites is 1. The zero-order valence-corrected chi connectivity index (χ0v) is 10.8. The van der Waals surface area contributed by atoms with Crippen LogP contribution in [0.5, 0.6) is 5.75 Å². The normalized spacial score (nSPS) is 11.5. The minimum Gasteiger partial charge on any atom is -0.478 e. The average molecular weight is 285 g/mol. The Morgan fingerprint density at radius 2 is 2.24 bits per heavy atom. The predicted molar refractivity (Wildman–Crippen MR) is 74.6 cm³/mol. The topological polar surface area (TPSA) is 149 Å². The molecule has 1 heterocycles. The molecule has 1 aromatic carbocycles. The first kappa shape index (κ1) is 14.0. The second-order valence-electron chi connectivity index (χ2n) is 3.71. The van der Waals surface area contributed by atoms with Gasteiger partial charge in [-0.2, -0.15) is 10.4 Å². The second kappa shape index (κ2) is 6.67. The first-order chi connectivity index (χ1) is 10.2. The van der Waals surface area contributed by atoms with Crippen molar-refractivity contribution in [3.05, 3.63) is 35.5 Å². The van der Waals surface area contributed by atoms with Crippen molar-refractivity contribution in [3.8, 4) is 11.8 Å². The van der Waals surface area contributed by atoms with E-state index in [9.17, 15) is 0 Å². The highest BCUT2D eigenvalue weighted by Crippen LogP contribution is 2.15. The Hall–Kier alpha value is -3.41. The predicted octanol–water partition coefficient (Wildman–Crippen LogP) is 0.294. The molecule has 4 N–H and O–H groups in total. The molecular formula is C12H11N7O2. The van der Waals surface area contributed by atoms with Gasteiger partial charge in [0.15, 0.2) is 24.0 Å². The molecule has 0 unspecified atom stereocenters. The van der Waals surface area contributed by atoms with Crippen molar-refractivity contribution in [2.45, 2.75) is 0 Å². The van der Waals surface area contributed by atoms with Gasteiger partial charge in [0.05, 0.1) is 6.21 Å². The molecule has 0 aliphatic carbocycles. The van der Waals surface area contributed by atoms with E-state index in [4.69, 9.17) is 21.5 Å². The molecule has 0 radical (unpaired) electrons. The summed E-state index contributed by atoms with van der Waals surface area (Å²) in [4.78, 5) is 0. The molecule has 2 aromatic rings. The summed E-state index contributed by atoms with van der Waals surface area (Å²) in [6, 6.07) is 8.94. The smallest absolute Gasteiger partial charge is 0.199 e. The van der Waals surface area contributed by atoms with Crippen LogP contribution in [0, 0.1) is 11.3 Å². The van der Waals surface area contributed by atoms with E-state index in [-0.39, 0.29) is 24.0 Å². The molecule has 0 aliphatic rings. The molecule has 0 bridgehead atoms. The summed E-state index contributed by atoms with van der Waals surface area (Å²) < 4.78 is 9.65. The number of rotatable bonds is 5. The fourth-order valence-electron chi connectivity index (χ4n) is 1.40. The highest BCUT2D eigenvalue weighted by molar-refractivity contribution is 5.99. The minimum atomic E-state index is -0.0581. The van der Waals surface area contributed by atoms with Gasteiger partial charge in [-0.3, -0.25) is 0 Å². The lowest BCUT2D eigenvalue weighted by Gasteiger charge is -2.03. The average Bonchev–Trinajstić information content (AvgIpc) is 2.92. The van der Waals surface area contributed by atoms with Crippen molar-refractivity contribution in [1.82, 2.24) is 10.3 Å². The molecule has 0 saturated heterocycles. The maximum Gasteiger partial charge on any atom is 0.199 e. The van der Waals surface area contributed by atoms with E-state index >= 15 is 0 Å². The van der Waals surface area contributed by atoms with Gasteiger partial charge in [0.1, 0.15) is 11.8 Å². The van der Waals surface area contributed by atoms with Crippen LogP contribution in [0.25, 0.3) is 0 Å². The van der Waals surface area contributed by atoms with Gasteiger partial charge >= 0.3 is 0 Å². The Morgan fingerprint density at radius 3 is 2.95 bits per heavy atom. The Kier molecular flexibility index (Phi) is 4.45. The molecule has 0 atom stereocenters. The summed E-state index contributed by atoms with van der Waals surface area (Å²) in [7, 11) is 0. The zero-order valence-electron chi connectivity index (χ0n) is 10.8. The number of nitrogens with two attached hydrogens (primary N) is 2. The molecule has 0 spiro atoms. The Morgan fingerprint density at radius 1 is 1.43 bits per heavy atom. The lowest BCUT2D eigenvalue weighted by atomic mass is 10.2. The van der Waals surface area contributed by atoms with E-state index in [0.29, 0.717) is 11.3 Å². The van der Waals surface area contributed by atoms with Crippen molar-refractivity contribution in [2.75, 3.05) is 12.3 Å². The third-order valence-electron chi connectivity index (χ3n) is 2.33. The van der Waals surface area contributed by atoms with E-state index in [1.807, 2.05) is 6.07 Å². The molecule has 0 aliphatic heterocycles. The molecule has 0 amide bonds. The molecule has 2 rings (SSSR count). The van der Waals surface area contributed by atoms with E-state index in [1.165, 1.54) is 6.21 Å². The van der Waals surface area contributed by atoms with Crippen molar-refractivity contribution < 1.29 is 9.37 Å². The third-order valence-corrected chi connectivity index (χ3v) is 2.33. The van der Waals surface area contributed by atoms with Gasteiger partial charge in [-0.1, -0.05) is 12.1 Å². The van der Waals surface area contributed by atoms with Crippen molar-refractivity contribution >= 4 is 17.9 Å². The highest BCUT2D eigenvalue weighted by atomic mass is 16.6. The summed E-state index contributed by atoms with van der Waals surface area (Å²) >= 11 is 0. The maximum absolute atomic E-state index is 8.52. The summed E-state index contributed by atoms with van der Waals surface area (Å²) in [6.07, 6.45) is 1.43. The number of ether oxygens (including phenoxy) is 1. The van der Waals surface area contributed by atoms with Gasteiger partial charge in [-0.25, -0.2) is 4.63 Å². The Balaban J connectivity index is 2.15. The van der Waals surface area contributed by atoms with Crippen LogP contribution in [0.2, 0.25) is 0 Å². The van der Waals surface area contributed by atoms with Crippen molar-refractivity contribution in [1.29, 1.82) is 5.26 Å². The molecule has 0 fully saturated rings. The van der Waals surface area contributed by atoms with E-state index in [2.05, 4.69) is 25.1 Å². The van der Waals surface area contributed by atoms with Gasteiger partial charge in [-0.15, -0.1) is 5.10 Å². The van der Waals surface area contributed by atoms with Gasteiger partial charge in [0.25, 0.3) is 0 Å². The van der Waals surface area contributed by atoms with Crippen LogP contribution in [-0.4, -0.2) is 29.0 Å². The SMILES string of the molecule is N#CCOc1ccccc1/C=N/N=C(\N)c1nonc1N. The van der Waals surface area contributed by atoms with Crippen LogP contribution in [0.3, 0.4) is 0 Å². The summed E-state index contributed by atoms with van der Waals surface area (Å²) in [5, 5.41) is 23.0. The summed E-state index contributed by atoms with van der Waals surface area (Å²) in [6.45, 7) is -0.0581. The van der Waals surface area contributed by atoms with Crippen molar-refractivity contribution in [3.63, 3.8) is 0 Å². The minimum absolute atomic E-state index is 0.0274. The highest BCUT2D eigenvalue weighted by Gasteiger charge is 2.10. The molecule has 21 heavy (non-hydrogen) atoms. The standard InChI is InChI=1S/C12H11N7O2/c13-5-6-20-9-4-2-1-3-8(9)7-16-17-11(14)10-12(15)19-21-18-10/h1-4,7H,6H2,(H2,14,17)(H2,15,19)/b16-7+. The summed E-state index contributed by atoms with van der Waals surface area (Å²) in [5.41, 5.74) is 11.9. The van der Waals surface area contributed by atoms with Gasteiger partial charge in [0.2, 0.25) is 0 Å². The van der Waals surface area contributed by atoms with Crippen LogP contribution in [0.15, 0.2) is 39.1 Å². The number of hydrogen-bond acceptors (Lipinski definition) is 8. The molecule has 106 valence electrons. The van der Waals surface area contributed by atoms with Crippen LogP contribution < -0.4 is 16.2 Å². The van der Waals surface area contributed by atoms with Crippen LogP contribution >= 0.6 is 0 Å². The number of aromatic nitrogens is 2. The number of nitriles is 1. The lowest BCUT2D eigenvalue weighted by Crippen LogP contribution is -2.15. The van der Waals surface area contributed by atoms with Crippen LogP contribution in [0.4, 0.5) is 5.82 Å². The van der Waals surface area contributed by atoms with E-state index in [0.717, 1.165) is 0 Å². The Bertz CT molecular complexity index is 714. The number of anilines is 1. The first-order valence-corrected chi connectivity index (χ1v) is 5.76. The fourth-order valence-corrected chi connectivity index (χ4v) is 1.40. The Labute approximate surface area is 119 Å². The molecule has 9 nitrogen and oxygen atoms in total. The molecule has 0 saturated carbocycles. The lowest BCUT2D eigenvalue weighted by molar-refractivity contribution is 0.308. The van der Waals surface area contributed by atoms with E-state index in [1.54, 1.807) is 24.3 Å². The van der Waals surface area contributed by atoms with Gasteiger partial charge in [-0.05, 0) is 22.4 Å². The number of benzene rings is 1. The third kappa shape index (κ3) is 3.54. The largest absolute Gasteiger partial charge is 0.478 e.